The van der Waals surface area contributed by atoms with Crippen LogP contribution in [0.2, 0.25) is 0 Å². The van der Waals surface area contributed by atoms with Crippen LogP contribution in [0.25, 0.3) is 5.82 Å². The van der Waals surface area contributed by atoms with Gasteiger partial charge in [0.25, 0.3) is 5.56 Å². The zero-order valence-corrected chi connectivity index (χ0v) is 18.3. The van der Waals surface area contributed by atoms with Crippen molar-refractivity contribution in [3.63, 3.8) is 0 Å². The minimum Gasteiger partial charge on any atom is -0.275 e. The molecule has 0 amide bonds. The van der Waals surface area contributed by atoms with E-state index in [4.69, 9.17) is 5.14 Å². The smallest absolute Gasteiger partial charge is 0.275 e. The van der Waals surface area contributed by atoms with Gasteiger partial charge in [-0.3, -0.25) is 14.5 Å². The molecular formula is C19H24ClN5O3S. The van der Waals surface area contributed by atoms with E-state index in [9.17, 15) is 13.2 Å². The molecule has 0 bridgehead atoms. The predicted molar refractivity (Wildman–Crippen MR) is 113 cm³/mol. The first kappa shape index (κ1) is 22.8. The number of sulfonamides is 1. The molecule has 0 aromatic carbocycles. The Bertz CT molecular complexity index is 1160. The average Bonchev–Trinajstić information content (AvgIpc) is 2.87. The molecule has 0 saturated heterocycles. The second-order valence-corrected chi connectivity index (χ2v) is 9.16. The molecule has 3 aromatic heterocycles. The second kappa shape index (κ2) is 8.10. The molecule has 29 heavy (non-hydrogen) atoms. The summed E-state index contributed by atoms with van der Waals surface area (Å²) in [6.45, 7) is 7.86. The molecule has 0 unspecified atom stereocenters. The van der Waals surface area contributed by atoms with E-state index in [-0.39, 0.29) is 22.9 Å². The van der Waals surface area contributed by atoms with Gasteiger partial charge in [0, 0.05) is 36.3 Å². The SMILES string of the molecule is Cc1c(Cc2cccnc2)c(=O)n(-c2ccc(S(N)(=O)=O)cn2)n1C(C)(C)C.Cl. The molecule has 3 rings (SSSR count). The topological polar surface area (TPSA) is 113 Å². The molecule has 3 aromatic rings. The van der Waals surface area contributed by atoms with Crippen LogP contribution < -0.4 is 10.7 Å². The van der Waals surface area contributed by atoms with Crippen molar-refractivity contribution in [2.24, 2.45) is 5.14 Å². The molecule has 0 spiro atoms. The fourth-order valence-electron chi connectivity index (χ4n) is 3.24. The predicted octanol–water partition coefficient (Wildman–Crippen LogP) is 2.15. The number of primary sulfonamides is 1. The summed E-state index contributed by atoms with van der Waals surface area (Å²) >= 11 is 0. The molecule has 0 fully saturated rings. The normalized spacial score (nSPS) is 11.9. The molecule has 0 atom stereocenters. The zero-order valence-electron chi connectivity index (χ0n) is 16.7. The van der Waals surface area contributed by atoms with Gasteiger partial charge in [0.05, 0.1) is 5.54 Å². The highest BCUT2D eigenvalue weighted by Gasteiger charge is 2.26. The van der Waals surface area contributed by atoms with Crippen molar-refractivity contribution in [1.82, 2.24) is 19.3 Å². The van der Waals surface area contributed by atoms with Gasteiger partial charge < -0.3 is 0 Å². The Morgan fingerprint density at radius 2 is 1.83 bits per heavy atom. The van der Waals surface area contributed by atoms with E-state index < -0.39 is 15.6 Å². The lowest BCUT2D eigenvalue weighted by Crippen LogP contribution is -2.33. The first-order valence-corrected chi connectivity index (χ1v) is 10.3. The standard InChI is InChI=1S/C19H23N5O3S.ClH/c1-13-16(10-14-6-5-9-21-11-14)18(25)23(24(13)19(2,3)4)17-8-7-15(12-22-17)28(20,26)27;/h5-9,11-12H,10H2,1-4H3,(H2,20,26,27);1H. The van der Waals surface area contributed by atoms with Gasteiger partial charge in [-0.25, -0.2) is 18.5 Å². The molecule has 0 radical (unpaired) electrons. The molecule has 10 heteroatoms. The van der Waals surface area contributed by atoms with Gasteiger partial charge >= 0.3 is 0 Å². The highest BCUT2D eigenvalue weighted by molar-refractivity contribution is 7.89. The van der Waals surface area contributed by atoms with Crippen LogP contribution in [0.5, 0.6) is 0 Å². The van der Waals surface area contributed by atoms with E-state index in [2.05, 4.69) is 9.97 Å². The van der Waals surface area contributed by atoms with Crippen LogP contribution >= 0.6 is 12.4 Å². The highest BCUT2D eigenvalue weighted by atomic mass is 35.5. The number of pyridine rings is 2. The maximum Gasteiger partial charge on any atom is 0.276 e. The second-order valence-electron chi connectivity index (χ2n) is 7.60. The van der Waals surface area contributed by atoms with Crippen LogP contribution in [0.4, 0.5) is 0 Å². The van der Waals surface area contributed by atoms with E-state index in [0.29, 0.717) is 17.8 Å². The minimum atomic E-state index is -3.86. The highest BCUT2D eigenvalue weighted by Crippen LogP contribution is 2.22. The van der Waals surface area contributed by atoms with Gasteiger partial charge in [0.15, 0.2) is 5.82 Å². The van der Waals surface area contributed by atoms with Crippen molar-refractivity contribution in [1.29, 1.82) is 0 Å². The fraction of sp³-hybridized carbons (Fsp3) is 0.316. The summed E-state index contributed by atoms with van der Waals surface area (Å²) < 4.78 is 26.3. The lowest BCUT2D eigenvalue weighted by atomic mass is 10.1. The van der Waals surface area contributed by atoms with Crippen LogP contribution in [0, 0.1) is 6.92 Å². The van der Waals surface area contributed by atoms with Crippen molar-refractivity contribution in [3.8, 4) is 5.82 Å². The third kappa shape index (κ3) is 4.58. The quantitative estimate of drug-likeness (QED) is 0.671. The van der Waals surface area contributed by atoms with Crippen LogP contribution in [0.15, 0.2) is 52.5 Å². The lowest BCUT2D eigenvalue weighted by molar-refractivity contribution is 0.317. The Balaban J connectivity index is 0.00000300. The number of hydrogen-bond acceptors (Lipinski definition) is 5. The molecule has 0 saturated carbocycles. The van der Waals surface area contributed by atoms with Crippen LogP contribution in [-0.4, -0.2) is 27.7 Å². The average molecular weight is 438 g/mol. The summed E-state index contributed by atoms with van der Waals surface area (Å²) in [7, 11) is -3.86. The zero-order chi connectivity index (χ0) is 20.7. The van der Waals surface area contributed by atoms with E-state index in [1.165, 1.54) is 16.8 Å². The summed E-state index contributed by atoms with van der Waals surface area (Å²) in [6, 6.07) is 6.58. The van der Waals surface area contributed by atoms with Crippen LogP contribution in [0.3, 0.4) is 0 Å². The van der Waals surface area contributed by atoms with E-state index in [1.54, 1.807) is 12.4 Å². The van der Waals surface area contributed by atoms with Gasteiger partial charge in [-0.1, -0.05) is 6.07 Å². The molecule has 0 aliphatic rings. The van der Waals surface area contributed by atoms with E-state index in [0.717, 1.165) is 17.5 Å². The van der Waals surface area contributed by atoms with Crippen molar-refractivity contribution >= 4 is 22.4 Å². The lowest BCUT2D eigenvalue weighted by Gasteiger charge is -2.26. The molecule has 8 nitrogen and oxygen atoms in total. The number of halogens is 1. The summed E-state index contributed by atoms with van der Waals surface area (Å²) in [5, 5.41) is 5.14. The van der Waals surface area contributed by atoms with E-state index >= 15 is 0 Å². The van der Waals surface area contributed by atoms with Gasteiger partial charge in [-0.2, -0.15) is 4.68 Å². The number of aromatic nitrogens is 4. The molecular weight excluding hydrogens is 414 g/mol. The molecule has 156 valence electrons. The Kier molecular flexibility index (Phi) is 6.36. The van der Waals surface area contributed by atoms with Gasteiger partial charge in [0.1, 0.15) is 4.90 Å². The molecule has 0 aliphatic carbocycles. The van der Waals surface area contributed by atoms with Gasteiger partial charge in [-0.05, 0) is 51.5 Å². The van der Waals surface area contributed by atoms with Crippen molar-refractivity contribution in [2.75, 3.05) is 0 Å². The Labute approximate surface area is 175 Å². The summed E-state index contributed by atoms with van der Waals surface area (Å²) in [4.78, 5) is 21.5. The summed E-state index contributed by atoms with van der Waals surface area (Å²) in [5.41, 5.74) is 1.78. The monoisotopic (exact) mass is 437 g/mol. The molecule has 2 N–H and O–H groups in total. The number of nitrogens with two attached hydrogens (primary N) is 1. The first-order chi connectivity index (χ1) is 13.0. The summed E-state index contributed by atoms with van der Waals surface area (Å²) in [6.07, 6.45) is 5.02. The summed E-state index contributed by atoms with van der Waals surface area (Å²) in [5.74, 6) is 0.327. The molecule has 0 aliphatic heterocycles. The van der Waals surface area contributed by atoms with Crippen molar-refractivity contribution < 1.29 is 8.42 Å². The van der Waals surface area contributed by atoms with E-state index in [1.807, 2.05) is 44.5 Å². The Hall–Kier alpha value is -2.49. The van der Waals surface area contributed by atoms with Gasteiger partial charge in [0.2, 0.25) is 10.0 Å². The van der Waals surface area contributed by atoms with Crippen LogP contribution in [0.1, 0.15) is 37.6 Å². The first-order valence-electron chi connectivity index (χ1n) is 8.72. The molecule has 3 heterocycles. The third-order valence-corrected chi connectivity index (χ3v) is 5.31. The minimum absolute atomic E-state index is 0. The number of nitrogens with zero attached hydrogens (tertiary/aromatic N) is 4. The maximum absolute atomic E-state index is 13.3. The third-order valence-electron chi connectivity index (χ3n) is 4.41. The van der Waals surface area contributed by atoms with Crippen LogP contribution in [-0.2, 0) is 22.0 Å². The maximum atomic E-state index is 13.3. The van der Waals surface area contributed by atoms with Crippen molar-refractivity contribution in [3.05, 3.63) is 70.0 Å². The Morgan fingerprint density at radius 3 is 2.31 bits per heavy atom. The Morgan fingerprint density at radius 1 is 1.14 bits per heavy atom. The fourth-order valence-corrected chi connectivity index (χ4v) is 3.69. The number of rotatable bonds is 4. The number of hydrogen-bond donors (Lipinski definition) is 1. The van der Waals surface area contributed by atoms with Crippen molar-refractivity contribution in [2.45, 2.75) is 44.6 Å². The van der Waals surface area contributed by atoms with Gasteiger partial charge in [-0.15, -0.1) is 12.4 Å². The largest absolute Gasteiger partial charge is 0.276 e.